The van der Waals surface area contributed by atoms with E-state index in [4.69, 9.17) is 0 Å². The Hall–Kier alpha value is -1.11. The van der Waals surface area contributed by atoms with E-state index in [1.165, 1.54) is 4.31 Å². The number of sulfonamides is 1. The van der Waals surface area contributed by atoms with Crippen LogP contribution in [0.25, 0.3) is 0 Å². The second-order valence-electron chi connectivity index (χ2n) is 4.53. The molecule has 1 N–H and O–H groups in total. The van der Waals surface area contributed by atoms with E-state index < -0.39 is 10.0 Å². The summed E-state index contributed by atoms with van der Waals surface area (Å²) >= 11 is 0. The Bertz CT molecular complexity index is 520. The lowest BCUT2D eigenvalue weighted by atomic mass is 10.4. The maximum Gasteiger partial charge on any atom is 0.244 e. The third-order valence-corrected chi connectivity index (χ3v) is 4.70. The third-order valence-electron chi connectivity index (χ3n) is 2.91. The van der Waals surface area contributed by atoms with Gasteiger partial charge in [-0.05, 0) is 19.0 Å². The van der Waals surface area contributed by atoms with Crippen LogP contribution in [-0.2, 0) is 23.6 Å². The Morgan fingerprint density at radius 2 is 2.21 bits per heavy atom. The minimum Gasteiger partial charge on any atom is -0.352 e. The van der Waals surface area contributed by atoms with Crippen LogP contribution < -0.4 is 5.32 Å². The molecule has 6 heteroatoms. The Morgan fingerprint density at radius 1 is 1.53 bits per heavy atom. The highest BCUT2D eigenvalue weighted by Gasteiger charge is 2.21. The van der Waals surface area contributed by atoms with Crippen molar-refractivity contribution >= 4 is 10.0 Å². The molecule has 5 nitrogen and oxygen atoms in total. The Labute approximate surface area is 116 Å². The molecular formula is C13H23N3O2S. The quantitative estimate of drug-likeness (QED) is 0.579. The average molecular weight is 285 g/mol. The zero-order chi connectivity index (χ0) is 14.5. The second-order valence-corrected chi connectivity index (χ2v) is 6.57. The number of aryl methyl sites for hydroxylation is 1. The minimum absolute atomic E-state index is 0.306. The van der Waals surface area contributed by atoms with Crippen molar-refractivity contribution in [1.29, 1.82) is 0 Å². The first-order valence-corrected chi connectivity index (χ1v) is 7.80. The zero-order valence-electron chi connectivity index (χ0n) is 11.9. The van der Waals surface area contributed by atoms with Crippen LogP contribution in [-0.4, -0.2) is 37.4 Å². The van der Waals surface area contributed by atoms with Gasteiger partial charge in [-0.2, -0.15) is 4.31 Å². The smallest absolute Gasteiger partial charge is 0.244 e. The molecule has 0 radical (unpaired) electrons. The van der Waals surface area contributed by atoms with Gasteiger partial charge in [0.05, 0.1) is 0 Å². The van der Waals surface area contributed by atoms with Crippen molar-refractivity contribution in [3.05, 3.63) is 30.6 Å². The lowest BCUT2D eigenvalue weighted by Crippen LogP contribution is -2.26. The van der Waals surface area contributed by atoms with Crippen LogP contribution in [0.15, 0.2) is 29.8 Å². The van der Waals surface area contributed by atoms with Crippen LogP contribution in [0.3, 0.4) is 0 Å². The van der Waals surface area contributed by atoms with E-state index in [9.17, 15) is 8.42 Å². The van der Waals surface area contributed by atoms with Gasteiger partial charge in [0.25, 0.3) is 0 Å². The number of hydrogen-bond acceptors (Lipinski definition) is 3. The van der Waals surface area contributed by atoms with E-state index in [0.717, 1.165) is 18.7 Å². The molecule has 0 aromatic carbocycles. The summed E-state index contributed by atoms with van der Waals surface area (Å²) in [6.07, 6.45) is 4.28. The number of hydrogen-bond donors (Lipinski definition) is 1. The summed E-state index contributed by atoms with van der Waals surface area (Å²) in [5.74, 6) is 0. The molecule has 0 unspecified atom stereocenters. The van der Waals surface area contributed by atoms with E-state index in [2.05, 4.69) is 18.8 Å². The molecule has 1 rings (SSSR count). The molecule has 0 amide bonds. The molecule has 0 aliphatic heterocycles. The van der Waals surface area contributed by atoms with Crippen molar-refractivity contribution in [2.24, 2.45) is 7.05 Å². The highest BCUT2D eigenvalue weighted by Crippen LogP contribution is 2.17. The number of rotatable bonds is 8. The molecule has 0 aliphatic rings. The molecule has 0 saturated heterocycles. The molecule has 1 heterocycles. The van der Waals surface area contributed by atoms with Crippen molar-refractivity contribution in [2.75, 3.05) is 20.1 Å². The molecule has 1 aromatic heterocycles. The van der Waals surface area contributed by atoms with E-state index >= 15 is 0 Å². The van der Waals surface area contributed by atoms with E-state index in [1.807, 2.05) is 11.6 Å². The highest BCUT2D eigenvalue weighted by atomic mass is 32.2. The monoisotopic (exact) mass is 285 g/mol. The SMILES string of the molecule is C=CCN(C)S(=O)(=O)c1cc(CNCCC)n(C)c1. The molecule has 0 atom stereocenters. The molecule has 1 aromatic rings. The highest BCUT2D eigenvalue weighted by molar-refractivity contribution is 7.89. The van der Waals surface area contributed by atoms with Gasteiger partial charge in [-0.1, -0.05) is 13.0 Å². The average Bonchev–Trinajstić information content (AvgIpc) is 2.72. The summed E-state index contributed by atoms with van der Waals surface area (Å²) in [4.78, 5) is 0.327. The van der Waals surface area contributed by atoms with Crippen LogP contribution in [0.4, 0.5) is 0 Å². The largest absolute Gasteiger partial charge is 0.352 e. The molecule has 108 valence electrons. The van der Waals surface area contributed by atoms with Crippen LogP contribution in [0, 0.1) is 0 Å². The number of likely N-dealkylation sites (N-methyl/N-ethyl adjacent to an activating group) is 1. The van der Waals surface area contributed by atoms with Crippen LogP contribution in [0.2, 0.25) is 0 Å². The van der Waals surface area contributed by atoms with Gasteiger partial charge >= 0.3 is 0 Å². The van der Waals surface area contributed by atoms with Gasteiger partial charge in [0.2, 0.25) is 10.0 Å². The fourth-order valence-corrected chi connectivity index (χ4v) is 2.98. The summed E-state index contributed by atoms with van der Waals surface area (Å²) in [6.45, 7) is 7.55. The first-order valence-electron chi connectivity index (χ1n) is 6.36. The fraction of sp³-hybridized carbons (Fsp3) is 0.538. The van der Waals surface area contributed by atoms with Crippen LogP contribution in [0.1, 0.15) is 19.0 Å². The zero-order valence-corrected chi connectivity index (χ0v) is 12.7. The Kier molecular flexibility index (Phi) is 5.78. The van der Waals surface area contributed by atoms with Gasteiger partial charge in [-0.25, -0.2) is 8.42 Å². The number of aromatic nitrogens is 1. The van der Waals surface area contributed by atoms with Crippen molar-refractivity contribution in [3.63, 3.8) is 0 Å². The first-order chi connectivity index (χ1) is 8.93. The molecule has 0 saturated carbocycles. The molecule has 0 fully saturated rings. The van der Waals surface area contributed by atoms with E-state index in [1.54, 1.807) is 25.4 Å². The first kappa shape index (κ1) is 15.9. The molecule has 0 spiro atoms. The maximum atomic E-state index is 12.3. The summed E-state index contributed by atoms with van der Waals surface area (Å²) in [5, 5.41) is 3.27. The lowest BCUT2D eigenvalue weighted by Gasteiger charge is -2.13. The van der Waals surface area contributed by atoms with Crippen molar-refractivity contribution in [3.8, 4) is 0 Å². The van der Waals surface area contributed by atoms with Crippen LogP contribution in [0.5, 0.6) is 0 Å². The van der Waals surface area contributed by atoms with E-state index in [-0.39, 0.29) is 0 Å². The van der Waals surface area contributed by atoms with Crippen molar-refractivity contribution < 1.29 is 8.42 Å². The van der Waals surface area contributed by atoms with Crippen molar-refractivity contribution in [2.45, 2.75) is 24.8 Å². The molecule has 19 heavy (non-hydrogen) atoms. The van der Waals surface area contributed by atoms with Gasteiger partial charge in [0.15, 0.2) is 0 Å². The second kappa shape index (κ2) is 6.88. The fourth-order valence-electron chi connectivity index (χ4n) is 1.75. The number of nitrogens with zero attached hydrogens (tertiary/aromatic N) is 2. The van der Waals surface area contributed by atoms with E-state index in [0.29, 0.717) is 18.0 Å². The van der Waals surface area contributed by atoms with Gasteiger partial charge in [-0.15, -0.1) is 6.58 Å². The summed E-state index contributed by atoms with van der Waals surface area (Å²) in [5.41, 5.74) is 0.957. The third kappa shape index (κ3) is 3.92. The van der Waals surface area contributed by atoms with Crippen molar-refractivity contribution in [1.82, 2.24) is 14.2 Å². The summed E-state index contributed by atoms with van der Waals surface area (Å²) < 4.78 is 27.7. The normalized spacial score (nSPS) is 12.0. The Balaban J connectivity index is 2.90. The summed E-state index contributed by atoms with van der Waals surface area (Å²) in [7, 11) is -0.00872. The minimum atomic E-state index is -3.42. The van der Waals surface area contributed by atoms with Crippen LogP contribution >= 0.6 is 0 Å². The topological polar surface area (TPSA) is 54.3 Å². The molecule has 0 aliphatic carbocycles. The predicted molar refractivity (Wildman–Crippen MR) is 77.4 cm³/mol. The number of nitrogens with one attached hydrogen (secondary N) is 1. The van der Waals surface area contributed by atoms with Gasteiger partial charge < -0.3 is 9.88 Å². The van der Waals surface area contributed by atoms with Gasteiger partial charge in [0.1, 0.15) is 4.90 Å². The standard InChI is InChI=1S/C13H23N3O2S/c1-5-7-14-10-12-9-13(11-15(12)3)19(17,18)16(4)8-6-2/h6,9,11,14H,2,5,7-8,10H2,1,3-4H3. The lowest BCUT2D eigenvalue weighted by molar-refractivity contribution is 0.499. The van der Waals surface area contributed by atoms with Gasteiger partial charge in [0, 0.05) is 39.1 Å². The maximum absolute atomic E-state index is 12.3. The summed E-state index contributed by atoms with van der Waals surface area (Å²) in [6, 6.07) is 1.72. The van der Waals surface area contributed by atoms with Gasteiger partial charge in [-0.3, -0.25) is 0 Å². The predicted octanol–water partition coefficient (Wildman–Crippen LogP) is 1.33. The molecular weight excluding hydrogens is 262 g/mol. The Morgan fingerprint density at radius 3 is 2.79 bits per heavy atom. The molecule has 0 bridgehead atoms.